The molecule has 0 radical (unpaired) electrons. The molecule has 1 N–H and O–H groups in total. The molecule has 0 fully saturated rings. The zero-order valence-electron chi connectivity index (χ0n) is 10.5. The summed E-state index contributed by atoms with van der Waals surface area (Å²) in [7, 11) is 0. The van der Waals surface area contributed by atoms with Crippen molar-refractivity contribution >= 4 is 5.78 Å². The normalized spacial score (nSPS) is 18.1. The Morgan fingerprint density at radius 2 is 1.58 bits per heavy atom. The molecule has 94 valence electrons. The Bertz CT molecular complexity index is 599. The second-order valence-corrected chi connectivity index (χ2v) is 4.71. The first-order chi connectivity index (χ1) is 9.33. The van der Waals surface area contributed by atoms with E-state index in [0.717, 1.165) is 5.56 Å². The van der Waals surface area contributed by atoms with Gasteiger partial charge in [-0.1, -0.05) is 54.6 Å². The molecule has 2 heteroatoms. The summed E-state index contributed by atoms with van der Waals surface area (Å²) in [5.74, 6) is 0.177. The fraction of sp³-hybridized carbons (Fsp3) is 0.118. The number of hydrogen-bond acceptors (Lipinski definition) is 2. The number of ketones is 1. The number of rotatable bonds is 2. The zero-order chi connectivity index (χ0) is 13.1. The Morgan fingerprint density at radius 1 is 0.895 bits per heavy atom. The summed E-state index contributed by atoms with van der Waals surface area (Å²) in [6.45, 7) is 0. The van der Waals surface area contributed by atoms with Gasteiger partial charge in [0.1, 0.15) is 0 Å². The molecular formula is C17H15NO. The van der Waals surface area contributed by atoms with Gasteiger partial charge in [-0.15, -0.1) is 0 Å². The maximum atomic E-state index is 11.4. The molecule has 0 saturated heterocycles. The average Bonchev–Trinajstić information content (AvgIpc) is 2.48. The smallest absolute Gasteiger partial charge is 0.159 e. The third-order valence-corrected chi connectivity index (χ3v) is 3.39. The maximum Gasteiger partial charge on any atom is 0.159 e. The van der Waals surface area contributed by atoms with Crippen LogP contribution in [0.15, 0.2) is 66.9 Å². The van der Waals surface area contributed by atoms with Gasteiger partial charge in [-0.25, -0.2) is 0 Å². The molecule has 1 aliphatic heterocycles. The largest absolute Gasteiger partial charge is 0.384 e. The highest BCUT2D eigenvalue weighted by atomic mass is 16.1. The lowest BCUT2D eigenvalue weighted by atomic mass is 9.97. The zero-order valence-corrected chi connectivity index (χ0v) is 10.5. The van der Waals surface area contributed by atoms with E-state index < -0.39 is 0 Å². The predicted octanol–water partition coefficient (Wildman–Crippen LogP) is 3.47. The van der Waals surface area contributed by atoms with Gasteiger partial charge in [-0.3, -0.25) is 4.79 Å². The summed E-state index contributed by atoms with van der Waals surface area (Å²) in [4.78, 5) is 11.4. The molecule has 0 aliphatic carbocycles. The Labute approximate surface area is 112 Å². The molecule has 2 nitrogen and oxygen atoms in total. The van der Waals surface area contributed by atoms with E-state index in [1.54, 1.807) is 12.3 Å². The molecule has 1 atom stereocenters. The van der Waals surface area contributed by atoms with Gasteiger partial charge in [0.05, 0.1) is 6.04 Å². The highest BCUT2D eigenvalue weighted by molar-refractivity contribution is 5.90. The van der Waals surface area contributed by atoms with Crippen molar-refractivity contribution < 1.29 is 4.79 Å². The van der Waals surface area contributed by atoms with Crippen molar-refractivity contribution in [3.8, 4) is 11.1 Å². The van der Waals surface area contributed by atoms with Crippen molar-refractivity contribution in [3.05, 3.63) is 72.4 Å². The third kappa shape index (κ3) is 2.58. The monoisotopic (exact) mass is 249 g/mol. The van der Waals surface area contributed by atoms with Gasteiger partial charge in [0.25, 0.3) is 0 Å². The predicted molar refractivity (Wildman–Crippen MR) is 76.5 cm³/mol. The summed E-state index contributed by atoms with van der Waals surface area (Å²) in [6.07, 6.45) is 3.86. The van der Waals surface area contributed by atoms with E-state index in [0.29, 0.717) is 6.42 Å². The minimum absolute atomic E-state index is 0.0994. The number of allylic oxidation sites excluding steroid dienone is 1. The van der Waals surface area contributed by atoms with Crippen LogP contribution in [0, 0.1) is 0 Å². The number of nitrogens with one attached hydrogen (secondary N) is 1. The first-order valence-electron chi connectivity index (χ1n) is 6.44. The SMILES string of the molecule is O=C1C=CNC(c2ccc(-c3ccccc3)cc2)C1. The van der Waals surface area contributed by atoms with Crippen LogP contribution in [0.5, 0.6) is 0 Å². The topological polar surface area (TPSA) is 29.1 Å². The van der Waals surface area contributed by atoms with E-state index in [4.69, 9.17) is 0 Å². The Hall–Kier alpha value is -2.35. The van der Waals surface area contributed by atoms with Crippen LogP contribution in [0.2, 0.25) is 0 Å². The highest BCUT2D eigenvalue weighted by Crippen LogP contribution is 2.24. The molecule has 0 aromatic heterocycles. The average molecular weight is 249 g/mol. The molecule has 0 bridgehead atoms. The molecular weight excluding hydrogens is 234 g/mol. The second-order valence-electron chi connectivity index (χ2n) is 4.71. The molecule has 0 spiro atoms. The van der Waals surface area contributed by atoms with Crippen LogP contribution in [0.3, 0.4) is 0 Å². The van der Waals surface area contributed by atoms with Crippen molar-refractivity contribution in [1.82, 2.24) is 5.32 Å². The van der Waals surface area contributed by atoms with Crippen molar-refractivity contribution in [2.24, 2.45) is 0 Å². The van der Waals surface area contributed by atoms with Gasteiger partial charge < -0.3 is 5.32 Å². The van der Waals surface area contributed by atoms with E-state index in [-0.39, 0.29) is 11.8 Å². The summed E-state index contributed by atoms with van der Waals surface area (Å²) in [5.41, 5.74) is 3.56. The van der Waals surface area contributed by atoms with Crippen LogP contribution in [0.4, 0.5) is 0 Å². The number of carbonyl (C=O) groups is 1. The number of benzene rings is 2. The summed E-state index contributed by atoms with van der Waals surface area (Å²) in [5, 5.41) is 3.22. The van der Waals surface area contributed by atoms with Gasteiger partial charge in [-0.05, 0) is 22.8 Å². The number of hydrogen-bond donors (Lipinski definition) is 1. The maximum absolute atomic E-state index is 11.4. The van der Waals surface area contributed by atoms with Crippen molar-refractivity contribution in [2.75, 3.05) is 0 Å². The lowest BCUT2D eigenvalue weighted by Crippen LogP contribution is -2.22. The quantitative estimate of drug-likeness (QED) is 0.883. The Balaban J connectivity index is 1.83. The van der Waals surface area contributed by atoms with Gasteiger partial charge in [-0.2, -0.15) is 0 Å². The first kappa shape index (κ1) is 11.7. The van der Waals surface area contributed by atoms with E-state index in [2.05, 4.69) is 41.7 Å². The molecule has 1 unspecified atom stereocenters. The van der Waals surface area contributed by atoms with Crippen LogP contribution < -0.4 is 5.32 Å². The fourth-order valence-electron chi connectivity index (χ4n) is 2.34. The molecule has 2 aromatic rings. The van der Waals surface area contributed by atoms with E-state index in [1.807, 2.05) is 18.2 Å². The summed E-state index contributed by atoms with van der Waals surface area (Å²) < 4.78 is 0. The van der Waals surface area contributed by atoms with Crippen molar-refractivity contribution in [3.63, 3.8) is 0 Å². The Kier molecular flexibility index (Phi) is 3.15. The van der Waals surface area contributed by atoms with E-state index in [9.17, 15) is 4.79 Å². The fourth-order valence-corrected chi connectivity index (χ4v) is 2.34. The summed E-state index contributed by atoms with van der Waals surface area (Å²) in [6, 6.07) is 18.8. The third-order valence-electron chi connectivity index (χ3n) is 3.39. The van der Waals surface area contributed by atoms with Crippen LogP contribution in [-0.2, 0) is 4.79 Å². The van der Waals surface area contributed by atoms with Gasteiger partial charge in [0, 0.05) is 12.6 Å². The molecule has 0 amide bonds. The minimum atomic E-state index is 0.0994. The van der Waals surface area contributed by atoms with Crippen molar-refractivity contribution in [1.29, 1.82) is 0 Å². The lowest BCUT2D eigenvalue weighted by molar-refractivity contribution is -0.115. The van der Waals surface area contributed by atoms with Gasteiger partial charge >= 0.3 is 0 Å². The Morgan fingerprint density at radius 3 is 2.26 bits per heavy atom. The molecule has 3 rings (SSSR count). The van der Waals surface area contributed by atoms with Crippen molar-refractivity contribution in [2.45, 2.75) is 12.5 Å². The van der Waals surface area contributed by atoms with Gasteiger partial charge in [0.2, 0.25) is 0 Å². The second kappa shape index (κ2) is 5.11. The molecule has 1 aliphatic rings. The number of carbonyl (C=O) groups excluding carboxylic acids is 1. The summed E-state index contributed by atoms with van der Waals surface area (Å²) >= 11 is 0. The minimum Gasteiger partial charge on any atom is -0.384 e. The molecule has 2 aromatic carbocycles. The van der Waals surface area contributed by atoms with Crippen LogP contribution >= 0.6 is 0 Å². The lowest BCUT2D eigenvalue weighted by Gasteiger charge is -2.20. The van der Waals surface area contributed by atoms with Crippen LogP contribution in [0.25, 0.3) is 11.1 Å². The van der Waals surface area contributed by atoms with E-state index >= 15 is 0 Å². The van der Waals surface area contributed by atoms with Crippen LogP contribution in [0.1, 0.15) is 18.0 Å². The molecule has 19 heavy (non-hydrogen) atoms. The van der Waals surface area contributed by atoms with E-state index in [1.165, 1.54) is 11.1 Å². The standard InChI is InChI=1S/C17H15NO/c19-16-10-11-18-17(12-16)15-8-6-14(7-9-15)13-4-2-1-3-5-13/h1-11,17-18H,12H2. The molecule has 0 saturated carbocycles. The van der Waals surface area contributed by atoms with Gasteiger partial charge in [0.15, 0.2) is 5.78 Å². The molecule has 1 heterocycles. The van der Waals surface area contributed by atoms with Crippen LogP contribution in [-0.4, -0.2) is 5.78 Å². The first-order valence-corrected chi connectivity index (χ1v) is 6.44. The highest BCUT2D eigenvalue weighted by Gasteiger charge is 2.16.